The lowest BCUT2D eigenvalue weighted by molar-refractivity contribution is 0.102. The van der Waals surface area contributed by atoms with Crippen molar-refractivity contribution in [2.75, 3.05) is 5.32 Å². The molecule has 1 amide bonds. The molecule has 3 aromatic rings. The van der Waals surface area contributed by atoms with E-state index in [0.29, 0.717) is 27.9 Å². The Morgan fingerprint density at radius 1 is 1.15 bits per heavy atom. The fraction of sp³-hybridized carbons (Fsp3) is 0.200. The van der Waals surface area contributed by atoms with E-state index >= 15 is 0 Å². The Labute approximate surface area is 164 Å². The van der Waals surface area contributed by atoms with Crippen LogP contribution < -0.4 is 5.32 Å². The number of carbonyl (C=O) groups is 1. The van der Waals surface area contributed by atoms with Gasteiger partial charge in [0.15, 0.2) is 0 Å². The van der Waals surface area contributed by atoms with Crippen molar-refractivity contribution in [1.82, 2.24) is 9.78 Å². The quantitative estimate of drug-likeness (QED) is 0.719. The van der Waals surface area contributed by atoms with E-state index in [1.165, 1.54) is 0 Å². The SMILES string of the molecule is Cc1cc(C)cc(C(=O)Nc2c3c(nn2-c2cccc(Cl)c2)C[S@](=O)C3)c1. The van der Waals surface area contributed by atoms with Gasteiger partial charge < -0.3 is 5.32 Å². The summed E-state index contributed by atoms with van der Waals surface area (Å²) in [5.74, 6) is 1.13. The minimum absolute atomic E-state index is 0.217. The number of hydrogen-bond acceptors (Lipinski definition) is 3. The molecule has 7 heteroatoms. The van der Waals surface area contributed by atoms with Crippen LogP contribution in [-0.2, 0) is 22.3 Å². The molecule has 27 heavy (non-hydrogen) atoms. The minimum atomic E-state index is -0.987. The van der Waals surface area contributed by atoms with Crippen molar-refractivity contribution in [2.45, 2.75) is 25.4 Å². The first kappa shape index (κ1) is 17.9. The van der Waals surface area contributed by atoms with Crippen LogP contribution in [0.5, 0.6) is 0 Å². The Kier molecular flexibility index (Phi) is 4.61. The number of aromatic nitrogens is 2. The fourth-order valence-electron chi connectivity index (χ4n) is 3.34. The largest absolute Gasteiger partial charge is 0.306 e. The molecule has 1 atom stereocenters. The molecule has 2 heterocycles. The molecule has 0 unspecified atom stereocenters. The second kappa shape index (κ2) is 6.94. The summed E-state index contributed by atoms with van der Waals surface area (Å²) in [6, 6.07) is 13.0. The van der Waals surface area contributed by atoms with E-state index in [0.717, 1.165) is 28.1 Å². The standard InChI is InChI=1S/C20H18ClN3O2S/c1-12-6-13(2)8-14(7-12)20(25)22-19-17-10-27(26)11-18(17)23-24(19)16-5-3-4-15(21)9-16/h3-9H,10-11H2,1-2H3,(H,22,25)/t27-/m1/s1. The first-order chi connectivity index (χ1) is 12.9. The number of benzene rings is 2. The van der Waals surface area contributed by atoms with Gasteiger partial charge in [-0.15, -0.1) is 0 Å². The molecule has 0 saturated carbocycles. The monoisotopic (exact) mass is 399 g/mol. The molecule has 1 N–H and O–H groups in total. The van der Waals surface area contributed by atoms with Crippen molar-refractivity contribution in [3.63, 3.8) is 0 Å². The number of amides is 1. The van der Waals surface area contributed by atoms with Gasteiger partial charge in [-0.1, -0.05) is 34.9 Å². The van der Waals surface area contributed by atoms with E-state index in [9.17, 15) is 9.00 Å². The van der Waals surface area contributed by atoms with Gasteiger partial charge in [-0.3, -0.25) is 9.00 Å². The maximum absolute atomic E-state index is 12.9. The Balaban J connectivity index is 1.77. The van der Waals surface area contributed by atoms with E-state index in [1.807, 2.05) is 44.2 Å². The first-order valence-corrected chi connectivity index (χ1v) is 10.4. The summed E-state index contributed by atoms with van der Waals surface area (Å²) in [6.07, 6.45) is 0. The number of fused-ring (bicyclic) bond motifs is 1. The van der Waals surface area contributed by atoms with Crippen molar-refractivity contribution in [2.24, 2.45) is 0 Å². The smallest absolute Gasteiger partial charge is 0.256 e. The molecule has 1 aliphatic rings. The maximum Gasteiger partial charge on any atom is 0.256 e. The highest BCUT2D eigenvalue weighted by molar-refractivity contribution is 7.83. The summed E-state index contributed by atoms with van der Waals surface area (Å²) >= 11 is 6.12. The lowest BCUT2D eigenvalue weighted by Gasteiger charge is -2.12. The third-order valence-corrected chi connectivity index (χ3v) is 5.88. The molecule has 5 nitrogen and oxygen atoms in total. The van der Waals surface area contributed by atoms with Gasteiger partial charge in [0, 0.05) is 26.9 Å². The molecule has 0 aliphatic carbocycles. The average molecular weight is 400 g/mol. The molecule has 0 fully saturated rings. The Hall–Kier alpha value is -2.44. The highest BCUT2D eigenvalue weighted by atomic mass is 35.5. The van der Waals surface area contributed by atoms with Gasteiger partial charge in [0.25, 0.3) is 5.91 Å². The van der Waals surface area contributed by atoms with Gasteiger partial charge in [-0.05, 0) is 44.2 Å². The Morgan fingerprint density at radius 2 is 1.89 bits per heavy atom. The van der Waals surface area contributed by atoms with Gasteiger partial charge in [-0.2, -0.15) is 5.10 Å². The van der Waals surface area contributed by atoms with E-state index in [1.54, 1.807) is 16.8 Å². The molecular formula is C20H18ClN3O2S. The second-order valence-corrected chi connectivity index (χ2v) is 8.62. The number of halogens is 1. The number of rotatable bonds is 3. The van der Waals surface area contributed by atoms with Crippen LogP contribution in [0.1, 0.15) is 32.7 Å². The number of hydrogen-bond donors (Lipinski definition) is 1. The number of nitrogens with zero attached hydrogens (tertiary/aromatic N) is 2. The van der Waals surface area contributed by atoms with Gasteiger partial charge >= 0.3 is 0 Å². The summed E-state index contributed by atoms with van der Waals surface area (Å²) in [5, 5.41) is 8.15. The molecule has 2 aromatic carbocycles. The molecule has 1 aromatic heterocycles. The molecule has 1 aliphatic heterocycles. The lowest BCUT2D eigenvalue weighted by Crippen LogP contribution is -2.17. The highest BCUT2D eigenvalue weighted by Crippen LogP contribution is 2.32. The van der Waals surface area contributed by atoms with Crippen LogP contribution in [0.25, 0.3) is 5.69 Å². The zero-order chi connectivity index (χ0) is 19.1. The van der Waals surface area contributed by atoms with Gasteiger partial charge in [0.05, 0.1) is 22.9 Å². The first-order valence-electron chi connectivity index (χ1n) is 8.52. The molecule has 4 rings (SSSR count). The van der Waals surface area contributed by atoms with Gasteiger partial charge in [0.1, 0.15) is 5.82 Å². The Morgan fingerprint density at radius 3 is 2.59 bits per heavy atom. The third-order valence-electron chi connectivity index (χ3n) is 4.44. The molecule has 0 spiro atoms. The molecule has 138 valence electrons. The van der Waals surface area contributed by atoms with Gasteiger partial charge in [0.2, 0.25) is 0 Å². The summed E-state index contributed by atoms with van der Waals surface area (Å²) < 4.78 is 13.7. The van der Waals surface area contributed by atoms with E-state index < -0.39 is 10.8 Å². The molecule has 0 bridgehead atoms. The Bertz CT molecular complexity index is 1070. The average Bonchev–Trinajstić information content (AvgIpc) is 3.11. The van der Waals surface area contributed by atoms with Crippen molar-refractivity contribution in [3.05, 3.63) is 75.4 Å². The number of nitrogens with one attached hydrogen (secondary N) is 1. The maximum atomic E-state index is 12.9. The summed E-state index contributed by atoms with van der Waals surface area (Å²) in [7, 11) is -0.987. The molecule has 0 radical (unpaired) electrons. The summed E-state index contributed by atoms with van der Waals surface area (Å²) in [6.45, 7) is 3.92. The summed E-state index contributed by atoms with van der Waals surface area (Å²) in [4.78, 5) is 12.9. The second-order valence-electron chi connectivity index (χ2n) is 6.72. The fourth-order valence-corrected chi connectivity index (χ4v) is 4.79. The van der Waals surface area contributed by atoms with E-state index in [4.69, 9.17) is 11.6 Å². The van der Waals surface area contributed by atoms with Crippen molar-refractivity contribution in [3.8, 4) is 5.69 Å². The van der Waals surface area contributed by atoms with Crippen LogP contribution >= 0.6 is 11.6 Å². The molecular weight excluding hydrogens is 382 g/mol. The predicted molar refractivity (Wildman–Crippen MR) is 108 cm³/mol. The number of aryl methyl sites for hydroxylation is 2. The number of anilines is 1. The third kappa shape index (κ3) is 3.55. The minimum Gasteiger partial charge on any atom is -0.306 e. The van der Waals surface area contributed by atoms with Crippen LogP contribution in [0.4, 0.5) is 5.82 Å². The van der Waals surface area contributed by atoms with Crippen molar-refractivity contribution >= 4 is 34.1 Å². The molecule has 0 saturated heterocycles. The van der Waals surface area contributed by atoms with Crippen LogP contribution in [0.15, 0.2) is 42.5 Å². The lowest BCUT2D eigenvalue weighted by atomic mass is 10.1. The van der Waals surface area contributed by atoms with Crippen LogP contribution in [0.2, 0.25) is 5.02 Å². The van der Waals surface area contributed by atoms with Crippen LogP contribution in [0, 0.1) is 13.8 Å². The van der Waals surface area contributed by atoms with Gasteiger partial charge in [-0.25, -0.2) is 4.68 Å². The van der Waals surface area contributed by atoms with Crippen LogP contribution in [-0.4, -0.2) is 19.9 Å². The van der Waals surface area contributed by atoms with Crippen molar-refractivity contribution < 1.29 is 9.00 Å². The zero-order valence-corrected chi connectivity index (χ0v) is 16.5. The van der Waals surface area contributed by atoms with E-state index in [-0.39, 0.29) is 5.91 Å². The summed E-state index contributed by atoms with van der Waals surface area (Å²) in [5.41, 5.74) is 4.96. The topological polar surface area (TPSA) is 64.0 Å². The number of carbonyl (C=O) groups excluding carboxylic acids is 1. The van der Waals surface area contributed by atoms with E-state index in [2.05, 4.69) is 10.4 Å². The predicted octanol–water partition coefficient (Wildman–Crippen LogP) is 4.16. The van der Waals surface area contributed by atoms with Crippen LogP contribution in [0.3, 0.4) is 0 Å². The normalized spacial score (nSPS) is 15.6. The highest BCUT2D eigenvalue weighted by Gasteiger charge is 2.28. The zero-order valence-electron chi connectivity index (χ0n) is 15.0. The van der Waals surface area contributed by atoms with Crippen molar-refractivity contribution in [1.29, 1.82) is 0 Å².